The molecule has 0 N–H and O–H groups in total. The van der Waals surface area contributed by atoms with Crippen molar-refractivity contribution in [2.24, 2.45) is 5.92 Å². The van der Waals surface area contributed by atoms with Crippen LogP contribution in [0.5, 0.6) is 0 Å². The summed E-state index contributed by atoms with van der Waals surface area (Å²) in [7, 11) is 1.17. The molecule has 0 saturated heterocycles. The van der Waals surface area contributed by atoms with E-state index < -0.39 is 5.92 Å². The lowest BCUT2D eigenvalue weighted by Gasteiger charge is -2.18. The van der Waals surface area contributed by atoms with Crippen LogP contribution in [0.3, 0.4) is 0 Å². The Morgan fingerprint density at radius 3 is 2.04 bits per heavy atom. The summed E-state index contributed by atoms with van der Waals surface area (Å²) < 4.78 is 13.4. The molecule has 1 aromatic rings. The molecule has 4 nitrogen and oxygen atoms in total. The highest BCUT2D eigenvalue weighted by Gasteiger charge is 2.30. The minimum Gasteiger partial charge on any atom is -0.465 e. The van der Waals surface area contributed by atoms with Crippen LogP contribution in [0.4, 0.5) is 0 Å². The molecule has 5 heteroatoms. The summed E-state index contributed by atoms with van der Waals surface area (Å²) in [6.07, 6.45) is 3.13. The summed E-state index contributed by atoms with van der Waals surface area (Å²) in [5.74, 6) is -1.14. The quantitative estimate of drug-likeness (QED) is 0.292. The average Bonchev–Trinajstić information content (AvgIpc) is 2.54. The molecule has 0 aliphatic heterocycles. The lowest BCUT2D eigenvalue weighted by molar-refractivity contribution is -0.147. The maximum Gasteiger partial charge on any atom is 0.316 e. The lowest BCUT2D eigenvalue weighted by atomic mass is 9.87. The van der Waals surface area contributed by atoms with Gasteiger partial charge < -0.3 is 4.74 Å². The number of rotatable bonds is 8. The van der Waals surface area contributed by atoms with Crippen molar-refractivity contribution in [1.82, 2.24) is 0 Å². The van der Waals surface area contributed by atoms with E-state index in [1.807, 2.05) is 39.8 Å². The SMILES string of the molecule is CCCCC(C(=O)OCCC)C(=O)c1c(C)cc(C)cc1C.O=[PH2+]. The molecule has 2 unspecified atom stereocenters. The number of esters is 1. The Kier molecular flexibility index (Phi) is 11.1. The maximum atomic E-state index is 12.9. The van der Waals surface area contributed by atoms with Gasteiger partial charge in [0.05, 0.1) is 6.61 Å². The molecular formula is C19H30O4P+. The van der Waals surface area contributed by atoms with Gasteiger partial charge in [-0.1, -0.05) is 49.0 Å². The largest absolute Gasteiger partial charge is 0.465 e. The molecular weight excluding hydrogens is 323 g/mol. The number of aryl methyl sites for hydroxylation is 3. The van der Waals surface area contributed by atoms with E-state index in [2.05, 4.69) is 6.92 Å². The van der Waals surface area contributed by atoms with Crippen molar-refractivity contribution in [3.05, 3.63) is 34.4 Å². The molecule has 2 atom stereocenters. The van der Waals surface area contributed by atoms with Crippen molar-refractivity contribution in [1.29, 1.82) is 0 Å². The van der Waals surface area contributed by atoms with Gasteiger partial charge in [-0.25, -0.2) is 0 Å². The van der Waals surface area contributed by atoms with E-state index in [0.29, 0.717) is 18.6 Å². The molecule has 0 aromatic heterocycles. The van der Waals surface area contributed by atoms with Crippen LogP contribution in [-0.4, -0.2) is 18.4 Å². The third-order valence-corrected chi connectivity index (χ3v) is 3.82. The Bertz CT molecular complexity index is 531. The first-order valence-corrected chi connectivity index (χ1v) is 8.91. The summed E-state index contributed by atoms with van der Waals surface area (Å²) in [5.41, 5.74) is 3.69. The smallest absolute Gasteiger partial charge is 0.316 e. The van der Waals surface area contributed by atoms with Crippen LogP contribution in [0.15, 0.2) is 12.1 Å². The number of unbranched alkanes of at least 4 members (excludes halogenated alkanes) is 1. The Morgan fingerprint density at radius 2 is 1.58 bits per heavy atom. The van der Waals surface area contributed by atoms with E-state index in [9.17, 15) is 9.59 Å². The third-order valence-electron chi connectivity index (χ3n) is 3.82. The molecule has 1 rings (SSSR count). The second-order valence-corrected chi connectivity index (χ2v) is 6.00. The molecule has 134 valence electrons. The molecule has 0 bridgehead atoms. The van der Waals surface area contributed by atoms with Gasteiger partial charge in [0.15, 0.2) is 5.78 Å². The zero-order valence-corrected chi connectivity index (χ0v) is 16.6. The highest BCUT2D eigenvalue weighted by atomic mass is 31.0. The Hall–Kier alpha value is -1.54. The van der Waals surface area contributed by atoms with Crippen LogP contribution in [0.2, 0.25) is 0 Å². The minimum absolute atomic E-state index is 0.0930. The highest BCUT2D eigenvalue weighted by Crippen LogP contribution is 2.23. The van der Waals surface area contributed by atoms with Gasteiger partial charge in [-0.3, -0.25) is 9.59 Å². The van der Waals surface area contributed by atoms with E-state index in [1.165, 1.54) is 9.12 Å². The molecule has 0 radical (unpaired) electrons. The number of hydrogen-bond acceptors (Lipinski definition) is 4. The van der Waals surface area contributed by atoms with Crippen molar-refractivity contribution in [3.63, 3.8) is 0 Å². The number of Topliss-reactive ketones (excluding diaryl/α,β-unsaturated/α-hetero) is 1. The zero-order chi connectivity index (χ0) is 18.7. The van der Waals surface area contributed by atoms with Crippen LogP contribution >= 0.6 is 9.12 Å². The first kappa shape index (κ1) is 22.5. The van der Waals surface area contributed by atoms with Gasteiger partial charge in [-0.2, -0.15) is 0 Å². The van der Waals surface area contributed by atoms with Gasteiger partial charge in [0, 0.05) is 5.56 Å². The molecule has 0 fully saturated rings. The number of ketones is 1. The number of benzene rings is 1. The first-order chi connectivity index (χ1) is 11.4. The molecule has 0 saturated carbocycles. The maximum absolute atomic E-state index is 12.9. The molecule has 0 heterocycles. The molecule has 0 amide bonds. The van der Waals surface area contributed by atoms with E-state index in [1.54, 1.807) is 0 Å². The van der Waals surface area contributed by atoms with Crippen LogP contribution in [0, 0.1) is 26.7 Å². The van der Waals surface area contributed by atoms with Crippen LogP contribution in [-0.2, 0) is 14.1 Å². The normalized spacial score (nSPS) is 11.2. The predicted octanol–water partition coefficient (Wildman–Crippen LogP) is 4.76. The molecule has 0 spiro atoms. The second kappa shape index (κ2) is 11.9. The number of carbonyl (C=O) groups excluding carboxylic acids is 2. The third kappa shape index (κ3) is 6.52. The van der Waals surface area contributed by atoms with Crippen molar-refractivity contribution in [2.75, 3.05) is 6.61 Å². The first-order valence-electron chi connectivity index (χ1n) is 8.44. The van der Waals surface area contributed by atoms with Gasteiger partial charge in [-0.05, 0) is 44.7 Å². The topological polar surface area (TPSA) is 60.4 Å². The van der Waals surface area contributed by atoms with Gasteiger partial charge in [0.1, 0.15) is 5.92 Å². The number of ether oxygens (including phenoxy) is 1. The van der Waals surface area contributed by atoms with E-state index >= 15 is 0 Å². The summed E-state index contributed by atoms with van der Waals surface area (Å²) in [6.45, 7) is 10.3. The second-order valence-electron chi connectivity index (χ2n) is 6.00. The van der Waals surface area contributed by atoms with Crippen molar-refractivity contribution >= 4 is 20.9 Å². The van der Waals surface area contributed by atoms with Crippen molar-refractivity contribution in [2.45, 2.75) is 60.3 Å². The van der Waals surface area contributed by atoms with Gasteiger partial charge in [0.2, 0.25) is 0 Å². The Balaban J connectivity index is 0.00000254. The number of carbonyl (C=O) groups is 2. The van der Waals surface area contributed by atoms with E-state index in [4.69, 9.17) is 9.30 Å². The molecule has 1 aromatic carbocycles. The van der Waals surface area contributed by atoms with E-state index in [0.717, 1.165) is 36.0 Å². The zero-order valence-electron chi connectivity index (χ0n) is 15.5. The lowest BCUT2D eigenvalue weighted by Crippen LogP contribution is -2.28. The minimum atomic E-state index is -0.674. The van der Waals surface area contributed by atoms with Crippen molar-refractivity contribution in [3.8, 4) is 0 Å². The fourth-order valence-electron chi connectivity index (χ4n) is 2.81. The predicted molar refractivity (Wildman–Crippen MR) is 99.6 cm³/mol. The van der Waals surface area contributed by atoms with Crippen molar-refractivity contribution < 1.29 is 18.9 Å². The summed E-state index contributed by atoms with van der Waals surface area (Å²) >= 11 is 0. The van der Waals surface area contributed by atoms with Gasteiger partial charge >= 0.3 is 15.1 Å². The summed E-state index contributed by atoms with van der Waals surface area (Å²) in [5, 5.41) is 0. The van der Waals surface area contributed by atoms with E-state index in [-0.39, 0.29) is 11.8 Å². The highest BCUT2D eigenvalue weighted by molar-refractivity contribution is 7.00. The Morgan fingerprint density at radius 1 is 1.04 bits per heavy atom. The van der Waals surface area contributed by atoms with Crippen LogP contribution in [0.1, 0.15) is 66.6 Å². The fraction of sp³-hybridized carbons (Fsp3) is 0.579. The molecule has 0 aliphatic carbocycles. The van der Waals surface area contributed by atoms with Gasteiger partial charge in [0.25, 0.3) is 0 Å². The molecule has 24 heavy (non-hydrogen) atoms. The number of hydrogen-bond donors (Lipinski definition) is 0. The monoisotopic (exact) mass is 353 g/mol. The average molecular weight is 353 g/mol. The molecule has 0 aliphatic rings. The van der Waals surface area contributed by atoms with Crippen LogP contribution in [0.25, 0.3) is 0 Å². The summed E-state index contributed by atoms with van der Waals surface area (Å²) in [4.78, 5) is 25.2. The Labute approximate surface area is 147 Å². The van der Waals surface area contributed by atoms with Crippen LogP contribution < -0.4 is 0 Å². The fourth-order valence-corrected chi connectivity index (χ4v) is 2.81. The standard InChI is InChI=1S/C19H28O3.H2OP/c1-6-8-9-16(19(21)22-10-7-2)18(20)17-14(4)11-13(3)12-15(17)5;1-2/h11-12,16H,6-10H2,1-5H3;2H2/q;+1. The van der Waals surface area contributed by atoms with Gasteiger partial charge in [-0.15, -0.1) is 0 Å². The summed E-state index contributed by atoms with van der Waals surface area (Å²) in [6, 6.07) is 3.99.